The van der Waals surface area contributed by atoms with Gasteiger partial charge in [0.2, 0.25) is 10.0 Å². The van der Waals surface area contributed by atoms with Gasteiger partial charge in [-0.25, -0.2) is 13.6 Å². The van der Waals surface area contributed by atoms with Crippen LogP contribution in [0.1, 0.15) is 28.4 Å². The number of rotatable bonds is 5. The fourth-order valence-corrected chi connectivity index (χ4v) is 3.32. The van der Waals surface area contributed by atoms with Gasteiger partial charge in [-0.05, 0) is 37.1 Å². The normalized spacial score (nSPS) is 11.2. The Morgan fingerprint density at radius 1 is 1.28 bits per heavy atom. The molecule has 2 aromatic carbocycles. The molecule has 0 aromatic heterocycles. The zero-order valence-electron chi connectivity index (χ0n) is 13.6. The Morgan fingerprint density at radius 2 is 1.96 bits per heavy atom. The molecule has 0 spiro atoms. The van der Waals surface area contributed by atoms with Crippen LogP contribution < -0.4 is 10.5 Å². The molecule has 0 unspecified atom stereocenters. The van der Waals surface area contributed by atoms with Crippen LogP contribution >= 0.6 is 0 Å². The van der Waals surface area contributed by atoms with E-state index in [1.54, 1.807) is 19.1 Å². The maximum atomic E-state index is 12.4. The van der Waals surface area contributed by atoms with Crippen LogP contribution in [0.15, 0.2) is 41.3 Å². The maximum Gasteiger partial charge on any atom is 0.273 e. The smallest absolute Gasteiger partial charge is 0.273 e. The van der Waals surface area contributed by atoms with Crippen molar-refractivity contribution < 1.29 is 18.1 Å². The molecular formula is C16H17N3O5S. The van der Waals surface area contributed by atoms with Gasteiger partial charge in [-0.15, -0.1) is 0 Å². The summed E-state index contributed by atoms with van der Waals surface area (Å²) in [6, 6.07) is 8.57. The highest BCUT2D eigenvalue weighted by Crippen LogP contribution is 2.24. The summed E-state index contributed by atoms with van der Waals surface area (Å²) >= 11 is 0. The van der Waals surface area contributed by atoms with Gasteiger partial charge in [0.1, 0.15) is 0 Å². The fraction of sp³-hybridized carbons (Fsp3) is 0.188. The van der Waals surface area contributed by atoms with Crippen molar-refractivity contribution in [2.45, 2.75) is 25.2 Å². The van der Waals surface area contributed by atoms with Crippen molar-refractivity contribution in [3.05, 3.63) is 63.2 Å². The van der Waals surface area contributed by atoms with Gasteiger partial charge in [0.05, 0.1) is 9.82 Å². The van der Waals surface area contributed by atoms with Crippen molar-refractivity contribution in [3.63, 3.8) is 0 Å². The Balaban J connectivity index is 2.39. The van der Waals surface area contributed by atoms with Crippen LogP contribution in [-0.2, 0) is 16.4 Å². The van der Waals surface area contributed by atoms with Gasteiger partial charge in [-0.3, -0.25) is 14.9 Å². The van der Waals surface area contributed by atoms with E-state index in [1.807, 2.05) is 0 Å². The summed E-state index contributed by atoms with van der Waals surface area (Å²) in [4.78, 5) is 22.8. The molecule has 9 heteroatoms. The number of hydrogen-bond donors (Lipinski definition) is 2. The van der Waals surface area contributed by atoms with Gasteiger partial charge < -0.3 is 5.32 Å². The Kier molecular flexibility index (Phi) is 5.19. The zero-order chi connectivity index (χ0) is 18.8. The first-order valence-corrected chi connectivity index (χ1v) is 8.91. The third-order valence-corrected chi connectivity index (χ3v) is 4.75. The molecule has 132 valence electrons. The second-order valence-corrected chi connectivity index (χ2v) is 6.91. The van der Waals surface area contributed by atoms with E-state index in [2.05, 4.69) is 5.32 Å². The van der Waals surface area contributed by atoms with Crippen LogP contribution in [-0.4, -0.2) is 19.2 Å². The van der Waals surface area contributed by atoms with E-state index in [0.717, 1.165) is 0 Å². The third kappa shape index (κ3) is 4.01. The molecule has 0 aliphatic carbocycles. The number of nitro groups is 1. The molecule has 1 amide bonds. The standard InChI is InChI=1S/C16H17N3O5S/c1-3-11-7-8-12(9-15(11)25(17,23)24)18-16(20)13-5-4-6-14(10(13)2)19(21)22/h4-9H,3H2,1-2H3,(H,18,20)(H2,17,23,24). The first-order valence-electron chi connectivity index (χ1n) is 7.36. The van der Waals surface area contributed by atoms with Crippen molar-refractivity contribution in [1.29, 1.82) is 0 Å². The van der Waals surface area contributed by atoms with Crippen LogP contribution in [0.5, 0.6) is 0 Å². The molecule has 3 N–H and O–H groups in total. The Labute approximate surface area is 144 Å². The van der Waals surface area contributed by atoms with E-state index >= 15 is 0 Å². The zero-order valence-corrected chi connectivity index (χ0v) is 14.5. The minimum absolute atomic E-state index is 0.0661. The molecule has 2 rings (SSSR count). The van der Waals surface area contributed by atoms with Crippen LogP contribution in [0.4, 0.5) is 11.4 Å². The second-order valence-electron chi connectivity index (χ2n) is 5.38. The molecule has 0 aliphatic rings. The van der Waals surface area contributed by atoms with Gasteiger partial charge in [0.25, 0.3) is 11.6 Å². The van der Waals surface area contributed by atoms with E-state index in [4.69, 9.17) is 5.14 Å². The number of amides is 1. The number of primary sulfonamides is 1. The lowest BCUT2D eigenvalue weighted by Gasteiger charge is -2.11. The number of carbonyl (C=O) groups excluding carboxylic acids is 1. The minimum Gasteiger partial charge on any atom is -0.322 e. The molecule has 0 heterocycles. The summed E-state index contributed by atoms with van der Waals surface area (Å²) in [5, 5.41) is 18.7. The summed E-state index contributed by atoms with van der Waals surface area (Å²) in [6.45, 7) is 3.26. The number of nitrogens with one attached hydrogen (secondary N) is 1. The van der Waals surface area contributed by atoms with Crippen molar-refractivity contribution in [2.24, 2.45) is 5.14 Å². The number of carbonyl (C=O) groups is 1. The van der Waals surface area contributed by atoms with E-state index < -0.39 is 20.9 Å². The maximum absolute atomic E-state index is 12.4. The molecule has 0 aliphatic heterocycles. The van der Waals surface area contributed by atoms with Crippen molar-refractivity contribution in [1.82, 2.24) is 0 Å². The highest BCUT2D eigenvalue weighted by molar-refractivity contribution is 7.89. The van der Waals surface area contributed by atoms with E-state index in [0.29, 0.717) is 12.0 Å². The highest BCUT2D eigenvalue weighted by Gasteiger charge is 2.19. The lowest BCUT2D eigenvalue weighted by molar-refractivity contribution is -0.385. The summed E-state index contributed by atoms with van der Waals surface area (Å²) in [7, 11) is -3.94. The van der Waals surface area contributed by atoms with E-state index in [1.165, 1.54) is 31.2 Å². The topological polar surface area (TPSA) is 132 Å². The average molecular weight is 363 g/mol. The lowest BCUT2D eigenvalue weighted by Crippen LogP contribution is -2.17. The van der Waals surface area contributed by atoms with E-state index in [-0.39, 0.29) is 27.4 Å². The average Bonchev–Trinajstić information content (AvgIpc) is 2.53. The molecule has 8 nitrogen and oxygen atoms in total. The second kappa shape index (κ2) is 6.99. The number of hydrogen-bond acceptors (Lipinski definition) is 5. The van der Waals surface area contributed by atoms with Gasteiger partial charge in [0, 0.05) is 22.9 Å². The lowest BCUT2D eigenvalue weighted by atomic mass is 10.1. The van der Waals surface area contributed by atoms with Crippen LogP contribution in [0.3, 0.4) is 0 Å². The molecular weight excluding hydrogens is 346 g/mol. The molecule has 2 aromatic rings. The van der Waals surface area contributed by atoms with Crippen molar-refractivity contribution >= 4 is 27.3 Å². The molecule has 0 saturated heterocycles. The predicted molar refractivity (Wildman–Crippen MR) is 93.0 cm³/mol. The quantitative estimate of drug-likeness (QED) is 0.621. The molecule has 0 saturated carbocycles. The molecule has 0 fully saturated rings. The monoisotopic (exact) mass is 363 g/mol. The number of nitrogens with two attached hydrogens (primary N) is 1. The number of benzene rings is 2. The molecule has 0 bridgehead atoms. The summed E-state index contributed by atoms with van der Waals surface area (Å²) < 4.78 is 23.4. The Bertz CT molecular complexity index is 954. The van der Waals surface area contributed by atoms with E-state index in [9.17, 15) is 23.3 Å². The Hall–Kier alpha value is -2.78. The van der Waals surface area contributed by atoms with Crippen molar-refractivity contribution in [3.8, 4) is 0 Å². The number of sulfonamides is 1. The number of nitro benzene ring substituents is 1. The molecule has 25 heavy (non-hydrogen) atoms. The number of aryl methyl sites for hydroxylation is 1. The highest BCUT2D eigenvalue weighted by atomic mass is 32.2. The van der Waals surface area contributed by atoms with Crippen LogP contribution in [0.25, 0.3) is 0 Å². The van der Waals surface area contributed by atoms with Crippen LogP contribution in [0.2, 0.25) is 0 Å². The van der Waals surface area contributed by atoms with Gasteiger partial charge in [-0.1, -0.05) is 19.1 Å². The third-order valence-electron chi connectivity index (χ3n) is 3.76. The number of anilines is 1. The largest absolute Gasteiger partial charge is 0.322 e. The van der Waals surface area contributed by atoms with Gasteiger partial charge in [-0.2, -0.15) is 0 Å². The predicted octanol–water partition coefficient (Wildman–Crippen LogP) is 2.37. The van der Waals surface area contributed by atoms with Gasteiger partial charge >= 0.3 is 0 Å². The summed E-state index contributed by atoms with van der Waals surface area (Å²) in [5.74, 6) is -0.578. The van der Waals surface area contributed by atoms with Gasteiger partial charge in [0.15, 0.2) is 0 Å². The van der Waals surface area contributed by atoms with Crippen molar-refractivity contribution in [2.75, 3.05) is 5.32 Å². The molecule has 0 radical (unpaired) electrons. The Morgan fingerprint density at radius 3 is 2.52 bits per heavy atom. The summed E-state index contributed by atoms with van der Waals surface area (Å²) in [6.07, 6.45) is 0.462. The first-order chi connectivity index (χ1) is 11.6. The summed E-state index contributed by atoms with van der Waals surface area (Å²) in [5.41, 5.74) is 0.955. The SMILES string of the molecule is CCc1ccc(NC(=O)c2cccc([N+](=O)[O-])c2C)cc1S(N)(=O)=O. The number of nitrogens with zero attached hydrogens (tertiary/aromatic N) is 1. The minimum atomic E-state index is -3.94. The molecule has 0 atom stereocenters. The van der Waals surface area contributed by atoms with Crippen LogP contribution in [0, 0.1) is 17.0 Å². The first kappa shape index (κ1) is 18.6. The fourth-order valence-electron chi connectivity index (χ4n) is 2.45.